The van der Waals surface area contributed by atoms with Crippen LogP contribution in [0.25, 0.3) is 0 Å². The molecule has 0 aromatic heterocycles. The van der Waals surface area contributed by atoms with Gasteiger partial charge in [0, 0.05) is 15.1 Å². The zero-order valence-electron chi connectivity index (χ0n) is 6.79. The van der Waals surface area contributed by atoms with Gasteiger partial charge in [-0.1, -0.05) is 12.1 Å². The number of benzene rings is 1. The number of hydrogen-bond acceptors (Lipinski definition) is 1. The summed E-state index contributed by atoms with van der Waals surface area (Å²) in [4.78, 5) is 1.38. The highest BCUT2D eigenvalue weighted by Gasteiger charge is 2.21. The van der Waals surface area contributed by atoms with Gasteiger partial charge in [0.1, 0.15) is 0 Å². The molecule has 1 saturated carbocycles. The van der Waals surface area contributed by atoms with Crippen molar-refractivity contribution in [1.29, 1.82) is 0 Å². The second kappa shape index (κ2) is 3.84. The van der Waals surface area contributed by atoms with Gasteiger partial charge in [-0.2, -0.15) is 0 Å². The van der Waals surface area contributed by atoms with Gasteiger partial charge in [-0.3, -0.25) is 0 Å². The van der Waals surface area contributed by atoms with Crippen LogP contribution in [0.2, 0.25) is 0 Å². The third-order valence-corrected chi connectivity index (χ3v) is 4.27. The van der Waals surface area contributed by atoms with E-state index < -0.39 is 0 Å². The summed E-state index contributed by atoms with van der Waals surface area (Å²) in [7, 11) is 0. The largest absolute Gasteiger partial charge is 0.125 e. The highest BCUT2D eigenvalue weighted by Crippen LogP contribution is 2.36. The number of thioether (sulfide) groups is 1. The van der Waals surface area contributed by atoms with Crippen LogP contribution in [0.4, 0.5) is 0 Å². The normalized spacial score (nSPS) is 16.4. The zero-order valence-corrected chi connectivity index (χ0v) is 9.20. The lowest BCUT2D eigenvalue weighted by Crippen LogP contribution is -1.81. The average molecular weight is 243 g/mol. The fraction of sp³-hybridized carbons (Fsp3) is 0.400. The van der Waals surface area contributed by atoms with Crippen LogP contribution in [0, 0.1) is 5.92 Å². The predicted molar refractivity (Wildman–Crippen MR) is 57.6 cm³/mol. The molecule has 1 aromatic rings. The van der Waals surface area contributed by atoms with Crippen molar-refractivity contribution >= 4 is 27.7 Å². The fourth-order valence-electron chi connectivity index (χ4n) is 1.05. The van der Waals surface area contributed by atoms with Gasteiger partial charge in [0.05, 0.1) is 0 Å². The Hall–Kier alpha value is 0.0500. The Balaban J connectivity index is 1.96. The Labute approximate surface area is 85.9 Å². The Kier molecular flexibility index (Phi) is 2.76. The molecule has 0 bridgehead atoms. The Morgan fingerprint density at radius 3 is 2.75 bits per heavy atom. The van der Waals surface area contributed by atoms with Crippen molar-refractivity contribution in [2.24, 2.45) is 5.92 Å². The van der Waals surface area contributed by atoms with Crippen LogP contribution in [0.1, 0.15) is 12.8 Å². The molecule has 0 saturated heterocycles. The molecule has 1 aliphatic carbocycles. The van der Waals surface area contributed by atoms with Crippen molar-refractivity contribution in [1.82, 2.24) is 0 Å². The van der Waals surface area contributed by atoms with Gasteiger partial charge in [0.15, 0.2) is 0 Å². The maximum atomic E-state index is 3.55. The second-order valence-corrected chi connectivity index (χ2v) is 5.10. The molecular weight excluding hydrogens is 232 g/mol. The predicted octanol–water partition coefficient (Wildman–Crippen LogP) is 3.95. The third-order valence-electron chi connectivity index (χ3n) is 2.01. The van der Waals surface area contributed by atoms with Gasteiger partial charge in [-0.25, -0.2) is 0 Å². The summed E-state index contributed by atoms with van der Waals surface area (Å²) in [5.41, 5.74) is 0. The monoisotopic (exact) mass is 242 g/mol. The topological polar surface area (TPSA) is 0 Å². The molecule has 0 spiro atoms. The summed E-state index contributed by atoms with van der Waals surface area (Å²) >= 11 is 5.52. The summed E-state index contributed by atoms with van der Waals surface area (Å²) in [6.07, 6.45) is 2.88. The third kappa shape index (κ3) is 2.27. The molecule has 64 valence electrons. The minimum absolute atomic E-state index is 1.00. The van der Waals surface area contributed by atoms with E-state index in [1.807, 2.05) is 11.8 Å². The first-order valence-corrected chi connectivity index (χ1v) is 6.01. The molecule has 0 heterocycles. The summed E-state index contributed by atoms with van der Waals surface area (Å²) in [5.74, 6) is 2.30. The number of halogens is 1. The summed E-state index contributed by atoms with van der Waals surface area (Å²) < 4.78 is 1.23. The van der Waals surface area contributed by atoms with Crippen molar-refractivity contribution in [3.8, 4) is 0 Å². The molecule has 1 aromatic carbocycles. The van der Waals surface area contributed by atoms with Crippen molar-refractivity contribution in [2.75, 3.05) is 5.75 Å². The van der Waals surface area contributed by atoms with Gasteiger partial charge in [-0.05, 0) is 46.8 Å². The molecule has 12 heavy (non-hydrogen) atoms. The van der Waals surface area contributed by atoms with E-state index in [0.717, 1.165) is 5.92 Å². The summed E-state index contributed by atoms with van der Waals surface area (Å²) in [5, 5.41) is 0. The first-order chi connectivity index (χ1) is 5.86. The highest BCUT2D eigenvalue weighted by molar-refractivity contribution is 9.10. The maximum Gasteiger partial charge on any atom is 0.0311 e. The van der Waals surface area contributed by atoms with Crippen molar-refractivity contribution in [3.63, 3.8) is 0 Å². The summed E-state index contributed by atoms with van der Waals surface area (Å²) in [6.45, 7) is 0. The van der Waals surface area contributed by atoms with Crippen LogP contribution in [-0.4, -0.2) is 5.75 Å². The molecule has 2 rings (SSSR count). The lowest BCUT2D eigenvalue weighted by Gasteiger charge is -2.01. The van der Waals surface area contributed by atoms with Crippen LogP contribution >= 0.6 is 27.7 Å². The Bertz CT molecular complexity index is 268. The van der Waals surface area contributed by atoms with E-state index in [-0.39, 0.29) is 0 Å². The van der Waals surface area contributed by atoms with E-state index in [9.17, 15) is 0 Å². The minimum Gasteiger partial charge on any atom is -0.125 e. The van der Waals surface area contributed by atoms with Gasteiger partial charge in [-0.15, -0.1) is 11.8 Å². The molecular formula is C10H11BrS. The van der Waals surface area contributed by atoms with Crippen LogP contribution in [0.3, 0.4) is 0 Å². The van der Waals surface area contributed by atoms with Gasteiger partial charge >= 0.3 is 0 Å². The van der Waals surface area contributed by atoms with Crippen molar-refractivity contribution < 1.29 is 0 Å². The first-order valence-electron chi connectivity index (χ1n) is 4.23. The maximum absolute atomic E-state index is 3.55. The molecule has 0 atom stereocenters. The molecule has 0 aliphatic heterocycles. The first kappa shape index (κ1) is 8.64. The fourth-order valence-corrected chi connectivity index (χ4v) is 2.81. The van der Waals surface area contributed by atoms with Gasteiger partial charge in [0.25, 0.3) is 0 Å². The molecule has 0 N–H and O–H groups in total. The summed E-state index contributed by atoms with van der Waals surface area (Å²) in [6, 6.07) is 8.44. The number of rotatable bonds is 3. The molecule has 0 amide bonds. The number of hydrogen-bond donors (Lipinski definition) is 0. The lowest BCUT2D eigenvalue weighted by molar-refractivity contribution is 0.999. The van der Waals surface area contributed by atoms with E-state index in [1.165, 1.54) is 28.0 Å². The van der Waals surface area contributed by atoms with Crippen LogP contribution in [-0.2, 0) is 0 Å². The van der Waals surface area contributed by atoms with Crippen LogP contribution in [0.5, 0.6) is 0 Å². The quantitative estimate of drug-likeness (QED) is 0.724. The van der Waals surface area contributed by atoms with E-state index in [2.05, 4.69) is 40.2 Å². The van der Waals surface area contributed by atoms with Crippen molar-refractivity contribution in [3.05, 3.63) is 28.7 Å². The van der Waals surface area contributed by atoms with Gasteiger partial charge < -0.3 is 0 Å². The van der Waals surface area contributed by atoms with Crippen molar-refractivity contribution in [2.45, 2.75) is 17.7 Å². The standard InChI is InChI=1S/C10H11BrS/c11-9-3-1-2-4-10(9)12-7-8-5-6-8/h1-4,8H,5-7H2. The lowest BCUT2D eigenvalue weighted by atomic mass is 10.4. The smallest absolute Gasteiger partial charge is 0.0311 e. The molecule has 2 heteroatoms. The molecule has 0 nitrogen and oxygen atoms in total. The van der Waals surface area contributed by atoms with E-state index >= 15 is 0 Å². The van der Waals surface area contributed by atoms with Crippen LogP contribution < -0.4 is 0 Å². The van der Waals surface area contributed by atoms with Crippen LogP contribution in [0.15, 0.2) is 33.6 Å². The average Bonchev–Trinajstić information content (AvgIpc) is 2.86. The molecule has 0 unspecified atom stereocenters. The zero-order chi connectivity index (χ0) is 8.39. The van der Waals surface area contributed by atoms with E-state index in [0.29, 0.717) is 0 Å². The molecule has 1 aliphatic rings. The minimum atomic E-state index is 1.00. The van der Waals surface area contributed by atoms with Gasteiger partial charge in [0.2, 0.25) is 0 Å². The SMILES string of the molecule is Brc1ccccc1SCC1CC1. The second-order valence-electron chi connectivity index (χ2n) is 3.18. The van der Waals surface area contributed by atoms with E-state index in [4.69, 9.17) is 0 Å². The Morgan fingerprint density at radius 2 is 2.08 bits per heavy atom. The molecule has 0 radical (unpaired) electrons. The highest BCUT2D eigenvalue weighted by atomic mass is 79.9. The Morgan fingerprint density at radius 1 is 1.33 bits per heavy atom. The molecule has 1 fully saturated rings. The van der Waals surface area contributed by atoms with E-state index in [1.54, 1.807) is 0 Å².